The van der Waals surface area contributed by atoms with E-state index < -0.39 is 6.10 Å². The maximum atomic E-state index is 12.2. The molecule has 4 nitrogen and oxygen atoms in total. The summed E-state index contributed by atoms with van der Waals surface area (Å²) in [6, 6.07) is 9.39. The molecule has 0 aliphatic rings. The molecule has 20 heavy (non-hydrogen) atoms. The summed E-state index contributed by atoms with van der Waals surface area (Å²) in [6.45, 7) is 6.87. The third kappa shape index (κ3) is 5.72. The minimum Gasteiger partial charge on any atom is -0.367 e. The second kappa shape index (κ2) is 7.41. The highest BCUT2D eigenvalue weighted by atomic mass is 16.5. The van der Waals surface area contributed by atoms with E-state index in [2.05, 4.69) is 26.1 Å². The van der Waals surface area contributed by atoms with Gasteiger partial charge < -0.3 is 15.8 Å². The van der Waals surface area contributed by atoms with Crippen molar-refractivity contribution in [1.82, 2.24) is 5.32 Å². The van der Waals surface area contributed by atoms with Gasteiger partial charge in [0.2, 0.25) is 0 Å². The highest BCUT2D eigenvalue weighted by Gasteiger charge is 2.21. The molecule has 0 bridgehead atoms. The molecule has 0 saturated carbocycles. The smallest absolute Gasteiger partial charge is 0.253 e. The second-order valence-corrected chi connectivity index (χ2v) is 6.30. The van der Waals surface area contributed by atoms with E-state index >= 15 is 0 Å². The lowest BCUT2D eigenvalue weighted by Gasteiger charge is -2.24. The topological polar surface area (TPSA) is 64.3 Å². The van der Waals surface area contributed by atoms with Crippen molar-refractivity contribution in [3.63, 3.8) is 0 Å². The highest BCUT2D eigenvalue weighted by molar-refractivity contribution is 5.82. The van der Waals surface area contributed by atoms with Crippen LogP contribution in [-0.2, 0) is 9.53 Å². The number of rotatable bonds is 6. The zero-order chi connectivity index (χ0) is 15.2. The Kier molecular flexibility index (Phi) is 6.17. The number of hydrogen-bond donors (Lipinski definition) is 2. The Hall–Kier alpha value is -1.39. The second-order valence-electron chi connectivity index (χ2n) is 6.30. The van der Waals surface area contributed by atoms with Gasteiger partial charge in [0, 0.05) is 19.7 Å². The summed E-state index contributed by atoms with van der Waals surface area (Å²) in [5, 5.41) is 2.87. The Morgan fingerprint density at radius 1 is 1.30 bits per heavy atom. The monoisotopic (exact) mass is 278 g/mol. The zero-order valence-corrected chi connectivity index (χ0v) is 12.8. The summed E-state index contributed by atoms with van der Waals surface area (Å²) in [4.78, 5) is 12.2. The van der Waals surface area contributed by atoms with Crippen LogP contribution < -0.4 is 11.1 Å². The molecule has 1 rings (SSSR count). The van der Waals surface area contributed by atoms with Crippen LogP contribution in [0.2, 0.25) is 0 Å². The lowest BCUT2D eigenvalue weighted by molar-refractivity contribution is -0.131. The number of hydrogen-bond acceptors (Lipinski definition) is 3. The predicted molar refractivity (Wildman–Crippen MR) is 81.2 cm³/mol. The molecular weight excluding hydrogens is 252 g/mol. The van der Waals surface area contributed by atoms with E-state index in [9.17, 15) is 4.79 Å². The van der Waals surface area contributed by atoms with Crippen molar-refractivity contribution in [3.8, 4) is 0 Å². The van der Waals surface area contributed by atoms with E-state index in [1.807, 2.05) is 30.3 Å². The van der Waals surface area contributed by atoms with Crippen molar-refractivity contribution < 1.29 is 9.53 Å². The van der Waals surface area contributed by atoms with Crippen molar-refractivity contribution in [1.29, 1.82) is 0 Å². The van der Waals surface area contributed by atoms with Gasteiger partial charge in [0.1, 0.15) is 0 Å². The van der Waals surface area contributed by atoms with Crippen LogP contribution in [0.4, 0.5) is 0 Å². The molecule has 1 aromatic rings. The number of amides is 1. The molecule has 0 aromatic heterocycles. The maximum absolute atomic E-state index is 12.2. The van der Waals surface area contributed by atoms with E-state index in [0.717, 1.165) is 12.0 Å². The van der Waals surface area contributed by atoms with E-state index in [4.69, 9.17) is 10.5 Å². The first-order chi connectivity index (χ1) is 9.33. The summed E-state index contributed by atoms with van der Waals surface area (Å²) in [6.07, 6.45) is 0.272. The average Bonchev–Trinajstić information content (AvgIpc) is 2.36. The van der Waals surface area contributed by atoms with Gasteiger partial charge in [0.15, 0.2) is 6.10 Å². The molecule has 112 valence electrons. The van der Waals surface area contributed by atoms with Gasteiger partial charge in [-0.25, -0.2) is 0 Å². The van der Waals surface area contributed by atoms with Crippen LogP contribution in [0.5, 0.6) is 0 Å². The lowest BCUT2D eigenvalue weighted by atomic mass is 9.88. The van der Waals surface area contributed by atoms with Crippen LogP contribution in [0.1, 0.15) is 38.9 Å². The molecule has 3 N–H and O–H groups in total. The number of nitrogens with two attached hydrogens (primary N) is 1. The van der Waals surface area contributed by atoms with E-state index in [1.165, 1.54) is 7.11 Å². The quantitative estimate of drug-likeness (QED) is 0.839. The number of ether oxygens (including phenoxy) is 1. The fraction of sp³-hybridized carbons (Fsp3) is 0.562. The largest absolute Gasteiger partial charge is 0.367 e. The van der Waals surface area contributed by atoms with Gasteiger partial charge in [-0.05, 0) is 17.4 Å². The first kappa shape index (κ1) is 16.7. The SMILES string of the molecule is COC(C(=O)NCC(N)CC(C)(C)C)c1ccccc1. The summed E-state index contributed by atoms with van der Waals surface area (Å²) in [7, 11) is 1.53. The molecule has 0 aliphatic carbocycles. The first-order valence-electron chi connectivity index (χ1n) is 6.94. The summed E-state index contributed by atoms with van der Waals surface area (Å²) < 4.78 is 5.28. The predicted octanol–water partition coefficient (Wildman–Crippen LogP) is 2.25. The van der Waals surface area contributed by atoms with Gasteiger partial charge in [-0.15, -0.1) is 0 Å². The van der Waals surface area contributed by atoms with Gasteiger partial charge in [-0.3, -0.25) is 4.79 Å². The molecule has 0 spiro atoms. The van der Waals surface area contributed by atoms with Crippen molar-refractivity contribution in [3.05, 3.63) is 35.9 Å². The van der Waals surface area contributed by atoms with Crippen LogP contribution in [-0.4, -0.2) is 25.6 Å². The van der Waals surface area contributed by atoms with Gasteiger partial charge in [0.25, 0.3) is 5.91 Å². The number of benzene rings is 1. The molecule has 1 aromatic carbocycles. The number of methoxy groups -OCH3 is 1. The van der Waals surface area contributed by atoms with E-state index in [1.54, 1.807) is 0 Å². The number of carbonyl (C=O) groups is 1. The highest BCUT2D eigenvalue weighted by Crippen LogP contribution is 2.20. The first-order valence-corrected chi connectivity index (χ1v) is 6.94. The van der Waals surface area contributed by atoms with Crippen LogP contribution in [0, 0.1) is 5.41 Å². The minimum absolute atomic E-state index is 0.0489. The number of nitrogens with one attached hydrogen (secondary N) is 1. The van der Waals surface area contributed by atoms with Crippen LogP contribution in [0.15, 0.2) is 30.3 Å². The summed E-state index contributed by atoms with van der Waals surface area (Å²) in [5.41, 5.74) is 7.03. The van der Waals surface area contributed by atoms with Crippen LogP contribution >= 0.6 is 0 Å². The van der Waals surface area contributed by atoms with Gasteiger partial charge in [-0.1, -0.05) is 51.1 Å². The fourth-order valence-corrected chi connectivity index (χ4v) is 2.21. The Balaban J connectivity index is 2.53. The molecule has 0 fully saturated rings. The van der Waals surface area contributed by atoms with Crippen LogP contribution in [0.25, 0.3) is 0 Å². The molecule has 0 heterocycles. The normalized spacial score (nSPS) is 14.7. The van der Waals surface area contributed by atoms with Crippen LogP contribution in [0.3, 0.4) is 0 Å². The molecule has 1 amide bonds. The van der Waals surface area contributed by atoms with E-state index in [-0.39, 0.29) is 17.4 Å². The Morgan fingerprint density at radius 3 is 2.40 bits per heavy atom. The molecule has 0 saturated heterocycles. The molecule has 2 unspecified atom stereocenters. The fourth-order valence-electron chi connectivity index (χ4n) is 2.21. The Morgan fingerprint density at radius 2 is 1.90 bits per heavy atom. The summed E-state index contributed by atoms with van der Waals surface area (Å²) >= 11 is 0. The Labute approximate surface area is 121 Å². The molecular formula is C16H26N2O2. The van der Waals surface area contributed by atoms with Gasteiger partial charge in [0.05, 0.1) is 0 Å². The molecule has 4 heteroatoms. The maximum Gasteiger partial charge on any atom is 0.253 e. The standard InChI is InChI=1S/C16H26N2O2/c1-16(2,3)10-13(17)11-18-15(19)14(20-4)12-8-6-5-7-9-12/h5-9,13-14H,10-11,17H2,1-4H3,(H,18,19). The summed E-state index contributed by atoms with van der Waals surface area (Å²) in [5.74, 6) is -0.150. The number of carbonyl (C=O) groups excluding carboxylic acids is 1. The van der Waals surface area contributed by atoms with Crippen molar-refractivity contribution in [2.75, 3.05) is 13.7 Å². The van der Waals surface area contributed by atoms with Crippen molar-refractivity contribution in [2.24, 2.45) is 11.1 Å². The molecule has 2 atom stereocenters. The minimum atomic E-state index is -0.585. The average molecular weight is 278 g/mol. The third-order valence-corrected chi connectivity index (χ3v) is 2.99. The van der Waals surface area contributed by atoms with Crippen molar-refractivity contribution >= 4 is 5.91 Å². The molecule has 0 aliphatic heterocycles. The Bertz CT molecular complexity index is 412. The molecule has 0 radical (unpaired) electrons. The van der Waals surface area contributed by atoms with Gasteiger partial charge >= 0.3 is 0 Å². The lowest BCUT2D eigenvalue weighted by Crippen LogP contribution is -2.41. The van der Waals surface area contributed by atoms with E-state index in [0.29, 0.717) is 6.54 Å². The van der Waals surface area contributed by atoms with Crippen molar-refractivity contribution in [2.45, 2.75) is 39.3 Å². The zero-order valence-electron chi connectivity index (χ0n) is 12.8. The third-order valence-electron chi connectivity index (χ3n) is 2.99. The van der Waals surface area contributed by atoms with Gasteiger partial charge in [-0.2, -0.15) is 0 Å².